The van der Waals surface area contributed by atoms with Crippen LogP contribution in [0.15, 0.2) is 0 Å². The first-order valence-corrected chi connectivity index (χ1v) is 4.05. The molecule has 0 aliphatic heterocycles. The van der Waals surface area contributed by atoms with Gasteiger partial charge in [-0.3, -0.25) is 13.0 Å². The Labute approximate surface area is 65.0 Å². The van der Waals surface area contributed by atoms with Crippen LogP contribution in [-0.4, -0.2) is 43.5 Å². The van der Waals surface area contributed by atoms with Crippen LogP contribution in [0.4, 0.5) is 0 Å². The Hall–Kier alpha value is -0.195. The summed E-state index contributed by atoms with van der Waals surface area (Å²) in [4.78, 5) is 0. The maximum atomic E-state index is 8.63. The smallest absolute Gasteiger partial charge is 0.759 e. The van der Waals surface area contributed by atoms with Crippen LogP contribution in [0.5, 0.6) is 0 Å². The van der Waals surface area contributed by atoms with Crippen molar-refractivity contribution < 1.29 is 35.0 Å². The fourth-order valence-electron chi connectivity index (χ4n) is 0. The number of hydrogen-bond donors (Lipinski definition) is 1. The molecule has 0 fully saturated rings. The van der Waals surface area contributed by atoms with Gasteiger partial charge in [-0.15, -0.1) is 0 Å². The summed E-state index contributed by atoms with van der Waals surface area (Å²) in [5.74, 6) is 0. The van der Waals surface area contributed by atoms with E-state index in [1.165, 1.54) is 0 Å². The van der Waals surface area contributed by atoms with Crippen LogP contribution in [0.2, 0.25) is 0 Å². The van der Waals surface area contributed by atoms with Gasteiger partial charge in [0.1, 0.15) is 0 Å². The van der Waals surface area contributed by atoms with Crippen molar-refractivity contribution in [1.82, 2.24) is 0 Å². The summed E-state index contributed by atoms with van der Waals surface area (Å²) < 4.78 is 66.9. The standard InChI is InChI=1S/B.2H2O4S/c;2*1-5(2,3)4/h;2*(H2,1,2,3,4)/q+3;;/p-3. The molecule has 1 N–H and O–H groups in total. The van der Waals surface area contributed by atoms with Gasteiger partial charge in [0.2, 0.25) is 10.4 Å². The van der Waals surface area contributed by atoms with Gasteiger partial charge in [0, 0.05) is 10.4 Å². The van der Waals surface area contributed by atoms with E-state index in [4.69, 9.17) is 35.0 Å². The molecule has 11 heteroatoms. The summed E-state index contributed by atoms with van der Waals surface area (Å²) >= 11 is 0. The Kier molecular flexibility index (Phi) is 8.46. The predicted molar refractivity (Wildman–Crippen MR) is 28.6 cm³/mol. The zero-order valence-electron chi connectivity index (χ0n) is 4.70. The molecule has 0 bridgehead atoms. The molecule has 0 saturated heterocycles. The Bertz CT molecular complexity index is 208. The molecule has 0 heterocycles. The average molecular weight is 204 g/mol. The van der Waals surface area contributed by atoms with Gasteiger partial charge in [-0.2, -0.15) is 0 Å². The molecular weight excluding hydrogens is 203 g/mol. The van der Waals surface area contributed by atoms with Crippen molar-refractivity contribution >= 4 is 29.2 Å². The molecule has 0 atom stereocenters. The van der Waals surface area contributed by atoms with Crippen molar-refractivity contribution in [2.75, 3.05) is 0 Å². The van der Waals surface area contributed by atoms with Gasteiger partial charge in [-0.25, -0.2) is 8.42 Å². The summed E-state index contributed by atoms with van der Waals surface area (Å²) in [6, 6.07) is 0. The maximum Gasteiger partial charge on any atom is 3.00 e. The summed E-state index contributed by atoms with van der Waals surface area (Å²) in [5, 5.41) is 0. The molecule has 0 saturated carbocycles. The van der Waals surface area contributed by atoms with E-state index in [1.807, 2.05) is 0 Å². The van der Waals surface area contributed by atoms with Gasteiger partial charge in [0.25, 0.3) is 0 Å². The van der Waals surface area contributed by atoms with Gasteiger partial charge in [-0.1, -0.05) is 0 Å². The molecule has 0 aromatic heterocycles. The maximum absolute atomic E-state index is 8.63. The predicted octanol–water partition coefficient (Wildman–Crippen LogP) is -2.71. The van der Waals surface area contributed by atoms with Crippen LogP contribution in [0.1, 0.15) is 0 Å². The van der Waals surface area contributed by atoms with E-state index in [-0.39, 0.29) is 8.41 Å². The molecule has 0 aromatic carbocycles. The Morgan fingerprint density at radius 1 is 0.909 bits per heavy atom. The molecule has 0 aliphatic rings. The molecule has 0 radical (unpaired) electrons. The van der Waals surface area contributed by atoms with E-state index < -0.39 is 20.8 Å². The SMILES string of the molecule is O=S(=O)([O-])O.O=S(=O)([O-])[O-].[B+3]. The van der Waals surface area contributed by atoms with Gasteiger partial charge in [-0.05, 0) is 0 Å². The van der Waals surface area contributed by atoms with Crippen LogP contribution in [0.3, 0.4) is 0 Å². The molecule has 0 aromatic rings. The van der Waals surface area contributed by atoms with E-state index in [1.54, 1.807) is 0 Å². The van der Waals surface area contributed by atoms with Gasteiger partial charge < -0.3 is 13.7 Å². The quantitative estimate of drug-likeness (QED) is 0.253. The first-order chi connectivity index (χ1) is 4.00. The second-order valence-electron chi connectivity index (χ2n) is 0.836. The van der Waals surface area contributed by atoms with Crippen molar-refractivity contribution in [1.29, 1.82) is 0 Å². The molecular formula is HBO8S2. The van der Waals surface area contributed by atoms with Crippen molar-refractivity contribution in [3.63, 3.8) is 0 Å². The van der Waals surface area contributed by atoms with Crippen LogP contribution < -0.4 is 0 Å². The summed E-state index contributed by atoms with van der Waals surface area (Å²) in [6.07, 6.45) is 0. The number of rotatable bonds is 0. The normalized spacial score (nSPS) is 10.5. The van der Waals surface area contributed by atoms with Crippen LogP contribution in [0, 0.1) is 0 Å². The molecule has 8 nitrogen and oxygen atoms in total. The monoisotopic (exact) mass is 204 g/mol. The zero-order chi connectivity index (χ0) is 9.00. The summed E-state index contributed by atoms with van der Waals surface area (Å²) in [6.45, 7) is 0. The largest absolute Gasteiger partial charge is 3.00 e. The Morgan fingerprint density at radius 3 is 0.909 bits per heavy atom. The minimum absolute atomic E-state index is 0. The van der Waals surface area contributed by atoms with Crippen LogP contribution in [-0.2, 0) is 20.8 Å². The second kappa shape index (κ2) is 5.45. The van der Waals surface area contributed by atoms with Crippen molar-refractivity contribution in [3.8, 4) is 0 Å². The van der Waals surface area contributed by atoms with E-state index in [0.717, 1.165) is 0 Å². The van der Waals surface area contributed by atoms with Gasteiger partial charge >= 0.3 is 8.41 Å². The average Bonchev–Trinajstić information content (AvgIpc) is 1.12. The minimum atomic E-state index is -5.17. The van der Waals surface area contributed by atoms with Crippen molar-refractivity contribution in [2.24, 2.45) is 0 Å². The zero-order valence-corrected chi connectivity index (χ0v) is 6.33. The fraction of sp³-hybridized carbons (Fsp3) is 0. The molecule has 0 spiro atoms. The molecule has 64 valence electrons. The molecule has 0 unspecified atom stereocenters. The summed E-state index contributed by atoms with van der Waals surface area (Å²) in [7, 11) is -10.1. The first kappa shape index (κ1) is 17.1. The number of hydrogen-bond acceptors (Lipinski definition) is 7. The van der Waals surface area contributed by atoms with E-state index >= 15 is 0 Å². The van der Waals surface area contributed by atoms with Gasteiger partial charge in [0.05, 0.1) is 0 Å². The third-order valence-corrected chi connectivity index (χ3v) is 0. The Morgan fingerprint density at radius 2 is 0.909 bits per heavy atom. The van der Waals surface area contributed by atoms with E-state index in [2.05, 4.69) is 0 Å². The molecule has 11 heavy (non-hydrogen) atoms. The molecule has 0 amide bonds. The fourth-order valence-corrected chi connectivity index (χ4v) is 0. The third-order valence-electron chi connectivity index (χ3n) is 0. The summed E-state index contributed by atoms with van der Waals surface area (Å²) in [5.41, 5.74) is 0. The van der Waals surface area contributed by atoms with Crippen LogP contribution >= 0.6 is 0 Å². The van der Waals surface area contributed by atoms with Gasteiger partial charge in [0.15, 0.2) is 0 Å². The minimum Gasteiger partial charge on any atom is -0.759 e. The topological polar surface area (TPSA) is 158 Å². The second-order valence-corrected chi connectivity index (χ2v) is 2.51. The van der Waals surface area contributed by atoms with E-state index in [0.29, 0.717) is 0 Å². The third kappa shape index (κ3) is 15700. The first-order valence-electron chi connectivity index (χ1n) is 1.35. The van der Waals surface area contributed by atoms with Crippen molar-refractivity contribution in [3.05, 3.63) is 0 Å². The molecule has 0 aliphatic carbocycles. The van der Waals surface area contributed by atoms with E-state index in [9.17, 15) is 0 Å². The molecule has 0 rings (SSSR count). The van der Waals surface area contributed by atoms with Crippen LogP contribution in [0.25, 0.3) is 0 Å². The van der Waals surface area contributed by atoms with Crippen molar-refractivity contribution in [2.45, 2.75) is 0 Å². The Balaban J connectivity index is -0.000000107.